The summed E-state index contributed by atoms with van der Waals surface area (Å²) in [5.41, 5.74) is 4.63. The number of carbonyl (C=O) groups excluding carboxylic acids is 4. The van der Waals surface area contributed by atoms with Gasteiger partial charge in [0.1, 0.15) is 10.8 Å². The number of thiophene rings is 1. The molecule has 2 N–H and O–H groups in total. The number of benzene rings is 2. The fourth-order valence-corrected chi connectivity index (χ4v) is 5.52. The predicted molar refractivity (Wildman–Crippen MR) is 152 cm³/mol. The molecule has 1 heterocycles. The Balaban J connectivity index is 1.42. The van der Waals surface area contributed by atoms with Gasteiger partial charge in [-0.05, 0) is 80.6 Å². The Bertz CT molecular complexity index is 1510. The van der Waals surface area contributed by atoms with Gasteiger partial charge in [-0.15, -0.1) is 11.3 Å². The van der Waals surface area contributed by atoms with E-state index in [1.807, 2.05) is 0 Å². The maximum Gasteiger partial charge on any atom is 0.343 e. The number of methoxy groups -OCH3 is 3. The molecule has 11 nitrogen and oxygen atoms in total. The first-order valence-electron chi connectivity index (χ1n) is 12.7. The maximum absolute atomic E-state index is 12.6. The summed E-state index contributed by atoms with van der Waals surface area (Å²) in [6, 6.07) is 11.2. The minimum absolute atomic E-state index is 0.188. The van der Waals surface area contributed by atoms with E-state index in [1.54, 1.807) is 43.3 Å². The van der Waals surface area contributed by atoms with E-state index in [4.69, 9.17) is 18.9 Å². The number of nitrogens with zero attached hydrogens (tertiary/aromatic N) is 1. The molecule has 4 rings (SSSR count). The van der Waals surface area contributed by atoms with Crippen LogP contribution in [0.5, 0.6) is 17.2 Å². The molecule has 41 heavy (non-hydrogen) atoms. The SMILES string of the molecule is COC(=O)c1c(NC(=O)C(=O)N/N=C(\C)c2ccc(OC(=O)c3ccc(OC)cc3)c(OC)c2)sc2c1CCCC2. The quantitative estimate of drug-likeness (QED) is 0.133. The molecule has 0 fully saturated rings. The molecule has 1 aliphatic carbocycles. The van der Waals surface area contributed by atoms with Gasteiger partial charge in [-0.1, -0.05) is 0 Å². The van der Waals surface area contributed by atoms with Gasteiger partial charge in [-0.3, -0.25) is 9.59 Å². The highest BCUT2D eigenvalue weighted by Gasteiger charge is 2.28. The van der Waals surface area contributed by atoms with Gasteiger partial charge >= 0.3 is 23.8 Å². The van der Waals surface area contributed by atoms with Crippen LogP contribution < -0.4 is 25.0 Å². The van der Waals surface area contributed by atoms with E-state index in [0.29, 0.717) is 34.6 Å². The fraction of sp³-hybridized carbons (Fsp3) is 0.276. The zero-order valence-corrected chi connectivity index (χ0v) is 23.8. The molecule has 2 aromatic carbocycles. The Morgan fingerprint density at radius 1 is 0.829 bits per heavy atom. The van der Waals surface area contributed by atoms with Crippen LogP contribution in [0.4, 0.5) is 5.00 Å². The third-order valence-corrected chi connectivity index (χ3v) is 7.64. The number of aryl methyl sites for hydroxylation is 1. The van der Waals surface area contributed by atoms with Crippen molar-refractivity contribution in [1.82, 2.24) is 5.43 Å². The van der Waals surface area contributed by atoms with E-state index >= 15 is 0 Å². The molecule has 0 saturated carbocycles. The minimum Gasteiger partial charge on any atom is -0.497 e. The Kier molecular flexibility index (Phi) is 9.35. The lowest BCUT2D eigenvalue weighted by Gasteiger charge is -2.12. The van der Waals surface area contributed by atoms with Crippen molar-refractivity contribution < 1.29 is 38.1 Å². The van der Waals surface area contributed by atoms with Crippen LogP contribution in [0.15, 0.2) is 47.6 Å². The molecular formula is C29H29N3O8S. The molecule has 2 amide bonds. The molecule has 0 spiro atoms. The van der Waals surface area contributed by atoms with Crippen molar-refractivity contribution in [1.29, 1.82) is 0 Å². The minimum atomic E-state index is -1.01. The highest BCUT2D eigenvalue weighted by molar-refractivity contribution is 7.17. The third-order valence-electron chi connectivity index (χ3n) is 6.43. The van der Waals surface area contributed by atoms with Gasteiger partial charge < -0.3 is 24.3 Å². The second-order valence-electron chi connectivity index (χ2n) is 8.98. The third kappa shape index (κ3) is 6.72. The van der Waals surface area contributed by atoms with Gasteiger partial charge in [0.2, 0.25) is 0 Å². The summed E-state index contributed by atoms with van der Waals surface area (Å²) >= 11 is 1.28. The average molecular weight is 580 g/mol. The van der Waals surface area contributed by atoms with Crippen molar-refractivity contribution in [2.75, 3.05) is 26.6 Å². The smallest absolute Gasteiger partial charge is 0.343 e. The van der Waals surface area contributed by atoms with Gasteiger partial charge in [0.15, 0.2) is 11.5 Å². The lowest BCUT2D eigenvalue weighted by molar-refractivity contribution is -0.136. The summed E-state index contributed by atoms with van der Waals surface area (Å²) in [5, 5.41) is 6.84. The van der Waals surface area contributed by atoms with Crippen LogP contribution in [0, 0.1) is 0 Å². The van der Waals surface area contributed by atoms with Gasteiger partial charge in [-0.25, -0.2) is 15.0 Å². The molecule has 0 radical (unpaired) electrons. The number of hydrazone groups is 1. The summed E-state index contributed by atoms with van der Waals surface area (Å²) in [6.45, 7) is 1.62. The van der Waals surface area contributed by atoms with E-state index in [0.717, 1.165) is 29.7 Å². The van der Waals surface area contributed by atoms with Crippen LogP contribution in [0.1, 0.15) is 56.5 Å². The molecule has 0 bridgehead atoms. The normalized spacial score (nSPS) is 12.5. The maximum atomic E-state index is 12.6. The summed E-state index contributed by atoms with van der Waals surface area (Å²) in [4.78, 5) is 51.1. The first kappa shape index (κ1) is 29.3. The van der Waals surface area contributed by atoms with Crippen LogP contribution >= 0.6 is 11.3 Å². The van der Waals surface area contributed by atoms with E-state index in [1.165, 1.54) is 38.7 Å². The average Bonchev–Trinajstić information content (AvgIpc) is 3.37. The van der Waals surface area contributed by atoms with E-state index < -0.39 is 23.8 Å². The largest absolute Gasteiger partial charge is 0.497 e. The number of rotatable bonds is 8. The Morgan fingerprint density at radius 3 is 2.22 bits per heavy atom. The van der Waals surface area contributed by atoms with Crippen LogP contribution in [-0.4, -0.2) is 50.8 Å². The Labute approximate surface area is 240 Å². The number of amides is 2. The van der Waals surface area contributed by atoms with Crippen molar-refractivity contribution >= 4 is 45.8 Å². The van der Waals surface area contributed by atoms with E-state index in [9.17, 15) is 19.2 Å². The summed E-state index contributed by atoms with van der Waals surface area (Å²) in [7, 11) is 4.23. The zero-order chi connectivity index (χ0) is 29.5. The fourth-order valence-electron chi connectivity index (χ4n) is 4.24. The van der Waals surface area contributed by atoms with Crippen molar-refractivity contribution in [3.63, 3.8) is 0 Å². The van der Waals surface area contributed by atoms with Gasteiger partial charge in [0, 0.05) is 10.4 Å². The lowest BCUT2D eigenvalue weighted by Crippen LogP contribution is -2.33. The molecular weight excluding hydrogens is 550 g/mol. The standard InChI is InChI=1S/C29H29N3O8S/c1-16(18-11-14-21(22(15-18)38-3)40-28(35)17-9-12-19(37-2)13-10-17)31-32-26(34)25(33)30-27-24(29(36)39-4)20-7-5-6-8-23(20)41-27/h9-15H,5-8H2,1-4H3,(H,30,33)(H,32,34)/b31-16+. The zero-order valence-electron chi connectivity index (χ0n) is 23.0. The van der Waals surface area contributed by atoms with E-state index in [2.05, 4.69) is 15.8 Å². The molecule has 0 unspecified atom stereocenters. The Hall–Kier alpha value is -4.71. The lowest BCUT2D eigenvalue weighted by atomic mass is 9.95. The molecule has 0 saturated heterocycles. The van der Waals surface area contributed by atoms with Crippen molar-refractivity contribution in [3.05, 3.63) is 69.6 Å². The van der Waals surface area contributed by atoms with Crippen LogP contribution in [0.3, 0.4) is 0 Å². The molecule has 0 aliphatic heterocycles. The van der Waals surface area contributed by atoms with Crippen molar-refractivity contribution in [2.45, 2.75) is 32.6 Å². The van der Waals surface area contributed by atoms with Gasteiger partial charge in [0.25, 0.3) is 0 Å². The van der Waals surface area contributed by atoms with Crippen LogP contribution in [0.25, 0.3) is 0 Å². The highest BCUT2D eigenvalue weighted by Crippen LogP contribution is 2.38. The topological polar surface area (TPSA) is 142 Å². The second-order valence-corrected chi connectivity index (χ2v) is 10.1. The molecule has 12 heteroatoms. The molecule has 0 atom stereocenters. The summed E-state index contributed by atoms with van der Waals surface area (Å²) in [6.07, 6.45) is 3.45. The number of esters is 2. The molecule has 3 aromatic rings. The van der Waals surface area contributed by atoms with Crippen LogP contribution in [-0.2, 0) is 27.2 Å². The van der Waals surface area contributed by atoms with Crippen molar-refractivity contribution in [2.24, 2.45) is 5.10 Å². The molecule has 214 valence electrons. The van der Waals surface area contributed by atoms with Gasteiger partial charge in [-0.2, -0.15) is 5.10 Å². The predicted octanol–water partition coefficient (Wildman–Crippen LogP) is 4.13. The number of anilines is 1. The molecule has 1 aliphatic rings. The van der Waals surface area contributed by atoms with Gasteiger partial charge in [0.05, 0.1) is 38.2 Å². The number of fused-ring (bicyclic) bond motifs is 1. The number of nitrogens with one attached hydrogen (secondary N) is 2. The van der Waals surface area contributed by atoms with Crippen LogP contribution in [0.2, 0.25) is 0 Å². The number of hydrogen-bond acceptors (Lipinski definition) is 10. The Morgan fingerprint density at radius 2 is 1.54 bits per heavy atom. The highest BCUT2D eigenvalue weighted by atomic mass is 32.1. The second kappa shape index (κ2) is 13.1. The van der Waals surface area contributed by atoms with Crippen molar-refractivity contribution in [3.8, 4) is 17.2 Å². The number of hydrogen-bond donors (Lipinski definition) is 2. The first-order chi connectivity index (χ1) is 19.7. The summed E-state index contributed by atoms with van der Waals surface area (Å²) in [5.74, 6) is -2.05. The molecule has 1 aromatic heterocycles. The monoisotopic (exact) mass is 579 g/mol. The first-order valence-corrected chi connectivity index (χ1v) is 13.5. The number of ether oxygens (including phenoxy) is 4. The van der Waals surface area contributed by atoms with E-state index in [-0.39, 0.29) is 16.5 Å². The number of carbonyl (C=O) groups is 4. The summed E-state index contributed by atoms with van der Waals surface area (Å²) < 4.78 is 20.9.